The molecule has 0 bridgehead atoms. The lowest BCUT2D eigenvalue weighted by molar-refractivity contribution is -0.143. The van der Waals surface area contributed by atoms with Crippen molar-refractivity contribution in [3.05, 3.63) is 0 Å². The molecule has 5 nitrogen and oxygen atoms in total. The fraction of sp³-hybridized carbons (Fsp3) is 0.800. The zero-order valence-corrected chi connectivity index (χ0v) is 10.9. The van der Waals surface area contributed by atoms with Crippen LogP contribution in [-0.4, -0.2) is 38.6 Å². The highest BCUT2D eigenvalue weighted by Gasteiger charge is 2.15. The number of ether oxygens (including phenoxy) is 1. The van der Waals surface area contributed by atoms with Gasteiger partial charge in [0.05, 0.1) is 7.11 Å². The van der Waals surface area contributed by atoms with Gasteiger partial charge in [0, 0.05) is 13.5 Å². The van der Waals surface area contributed by atoms with Crippen molar-refractivity contribution in [2.45, 2.75) is 32.2 Å². The number of hydrogen-bond acceptors (Lipinski definition) is 4. The third-order valence-electron chi connectivity index (χ3n) is 2.13. The van der Waals surface area contributed by atoms with Crippen molar-refractivity contribution < 1.29 is 14.3 Å². The Morgan fingerprint density at radius 2 is 1.94 bits per heavy atom. The minimum absolute atomic E-state index is 0. The van der Waals surface area contributed by atoms with E-state index in [0.717, 1.165) is 19.3 Å². The number of methoxy groups -OCH3 is 1. The van der Waals surface area contributed by atoms with Crippen molar-refractivity contribution in [3.63, 3.8) is 0 Å². The molecular weight excluding hydrogens is 232 g/mol. The lowest BCUT2D eigenvalue weighted by Gasteiger charge is -2.13. The Morgan fingerprint density at radius 3 is 2.38 bits per heavy atom. The van der Waals surface area contributed by atoms with Gasteiger partial charge in [-0.3, -0.25) is 9.59 Å². The summed E-state index contributed by atoms with van der Waals surface area (Å²) < 4.78 is 4.63. The van der Waals surface area contributed by atoms with E-state index in [9.17, 15) is 9.59 Å². The van der Waals surface area contributed by atoms with Gasteiger partial charge in [0.25, 0.3) is 0 Å². The second-order valence-corrected chi connectivity index (χ2v) is 3.34. The predicted molar refractivity (Wildman–Crippen MR) is 64.6 cm³/mol. The van der Waals surface area contributed by atoms with E-state index in [4.69, 9.17) is 0 Å². The van der Waals surface area contributed by atoms with E-state index in [2.05, 4.69) is 15.4 Å². The van der Waals surface area contributed by atoms with Gasteiger partial charge in [-0.25, -0.2) is 0 Å². The zero-order valence-electron chi connectivity index (χ0n) is 10.0. The summed E-state index contributed by atoms with van der Waals surface area (Å²) in [6, 6.07) is -0.243. The van der Waals surface area contributed by atoms with Crippen LogP contribution in [0.4, 0.5) is 0 Å². The SMILES string of the molecule is CNC(CCCCNC(C)=O)C(=O)OC.Cl. The van der Waals surface area contributed by atoms with Crippen LogP contribution in [0.3, 0.4) is 0 Å². The summed E-state index contributed by atoms with van der Waals surface area (Å²) in [6.45, 7) is 2.15. The monoisotopic (exact) mass is 252 g/mol. The van der Waals surface area contributed by atoms with Crippen molar-refractivity contribution in [1.29, 1.82) is 0 Å². The van der Waals surface area contributed by atoms with Crippen molar-refractivity contribution in [1.82, 2.24) is 10.6 Å². The molecule has 0 aliphatic heterocycles. The molecule has 0 saturated carbocycles. The first kappa shape index (κ1) is 17.6. The summed E-state index contributed by atoms with van der Waals surface area (Å²) in [6.07, 6.45) is 2.47. The van der Waals surface area contributed by atoms with Crippen LogP contribution in [0.15, 0.2) is 0 Å². The van der Waals surface area contributed by atoms with Gasteiger partial charge in [0.15, 0.2) is 0 Å². The molecule has 0 aromatic carbocycles. The number of unbranched alkanes of at least 4 members (excludes halogenated alkanes) is 1. The van der Waals surface area contributed by atoms with E-state index >= 15 is 0 Å². The molecule has 16 heavy (non-hydrogen) atoms. The molecule has 1 amide bonds. The fourth-order valence-electron chi connectivity index (χ4n) is 1.26. The summed E-state index contributed by atoms with van der Waals surface area (Å²) in [5, 5.41) is 5.60. The van der Waals surface area contributed by atoms with E-state index in [1.54, 1.807) is 7.05 Å². The summed E-state index contributed by atoms with van der Waals surface area (Å²) in [5.41, 5.74) is 0. The molecule has 2 N–H and O–H groups in total. The molecule has 1 atom stereocenters. The maximum Gasteiger partial charge on any atom is 0.322 e. The standard InChI is InChI=1S/C10H20N2O3.ClH/c1-8(13)12-7-5-4-6-9(11-2)10(14)15-3;/h9,11H,4-7H2,1-3H3,(H,12,13);1H. The normalized spacial score (nSPS) is 11.2. The molecular formula is C10H21ClN2O3. The number of nitrogens with one attached hydrogen (secondary N) is 2. The Labute approximate surface area is 103 Å². The zero-order chi connectivity index (χ0) is 11.7. The van der Waals surface area contributed by atoms with Crippen LogP contribution in [-0.2, 0) is 14.3 Å². The van der Waals surface area contributed by atoms with Gasteiger partial charge in [0.2, 0.25) is 5.91 Å². The molecule has 0 spiro atoms. The molecule has 0 aromatic rings. The number of esters is 1. The highest BCUT2D eigenvalue weighted by Crippen LogP contribution is 2.01. The third-order valence-corrected chi connectivity index (χ3v) is 2.13. The van der Waals surface area contributed by atoms with Crippen molar-refractivity contribution in [2.24, 2.45) is 0 Å². The molecule has 0 aliphatic carbocycles. The highest BCUT2D eigenvalue weighted by molar-refractivity contribution is 5.85. The maximum atomic E-state index is 11.2. The number of hydrogen-bond donors (Lipinski definition) is 2. The second kappa shape index (κ2) is 10.7. The minimum atomic E-state index is -0.243. The van der Waals surface area contributed by atoms with E-state index in [-0.39, 0.29) is 30.3 Å². The first-order chi connectivity index (χ1) is 7.11. The Kier molecular flexibility index (Phi) is 11.8. The largest absolute Gasteiger partial charge is 0.468 e. The summed E-state index contributed by atoms with van der Waals surface area (Å²) >= 11 is 0. The van der Waals surface area contributed by atoms with E-state index in [1.807, 2.05) is 0 Å². The Morgan fingerprint density at radius 1 is 1.31 bits per heavy atom. The van der Waals surface area contributed by atoms with Crippen LogP contribution in [0.1, 0.15) is 26.2 Å². The number of likely N-dealkylation sites (N-methyl/N-ethyl adjacent to an activating group) is 1. The third kappa shape index (κ3) is 8.49. The van der Waals surface area contributed by atoms with Crippen LogP contribution in [0.2, 0.25) is 0 Å². The second-order valence-electron chi connectivity index (χ2n) is 3.34. The average Bonchev–Trinajstić information content (AvgIpc) is 2.22. The molecule has 0 heterocycles. The Balaban J connectivity index is 0. The smallest absolute Gasteiger partial charge is 0.322 e. The molecule has 0 rings (SSSR count). The number of carbonyl (C=O) groups is 2. The van der Waals surface area contributed by atoms with Crippen LogP contribution in [0, 0.1) is 0 Å². The maximum absolute atomic E-state index is 11.2. The van der Waals surface area contributed by atoms with Gasteiger partial charge in [-0.1, -0.05) is 0 Å². The molecule has 6 heteroatoms. The fourth-order valence-corrected chi connectivity index (χ4v) is 1.26. The topological polar surface area (TPSA) is 67.4 Å². The number of rotatable bonds is 7. The summed E-state index contributed by atoms with van der Waals surface area (Å²) in [4.78, 5) is 21.7. The van der Waals surface area contributed by atoms with Gasteiger partial charge in [-0.15, -0.1) is 12.4 Å². The lowest BCUT2D eigenvalue weighted by Crippen LogP contribution is -2.35. The molecule has 0 fully saturated rings. The molecule has 0 aromatic heterocycles. The highest BCUT2D eigenvalue weighted by atomic mass is 35.5. The Bertz CT molecular complexity index is 212. The van der Waals surface area contributed by atoms with Gasteiger partial charge < -0.3 is 15.4 Å². The van der Waals surface area contributed by atoms with Gasteiger partial charge in [0.1, 0.15) is 6.04 Å². The van der Waals surface area contributed by atoms with Crippen molar-refractivity contribution in [3.8, 4) is 0 Å². The van der Waals surface area contributed by atoms with Gasteiger partial charge >= 0.3 is 5.97 Å². The molecule has 96 valence electrons. The van der Waals surface area contributed by atoms with Crippen LogP contribution in [0.5, 0.6) is 0 Å². The van der Waals surface area contributed by atoms with Crippen molar-refractivity contribution in [2.75, 3.05) is 20.7 Å². The van der Waals surface area contributed by atoms with Gasteiger partial charge in [-0.2, -0.15) is 0 Å². The quantitative estimate of drug-likeness (QED) is 0.511. The molecule has 0 radical (unpaired) electrons. The molecule has 0 aliphatic rings. The van der Waals surface area contributed by atoms with E-state index in [1.165, 1.54) is 14.0 Å². The minimum Gasteiger partial charge on any atom is -0.468 e. The van der Waals surface area contributed by atoms with Crippen molar-refractivity contribution >= 4 is 24.3 Å². The lowest BCUT2D eigenvalue weighted by atomic mass is 10.1. The number of carbonyl (C=O) groups excluding carboxylic acids is 2. The molecule has 0 saturated heterocycles. The summed E-state index contributed by atoms with van der Waals surface area (Å²) in [5.74, 6) is -0.259. The van der Waals surface area contributed by atoms with Crippen LogP contribution >= 0.6 is 12.4 Å². The van der Waals surface area contributed by atoms with Gasteiger partial charge in [-0.05, 0) is 26.3 Å². The first-order valence-corrected chi connectivity index (χ1v) is 5.11. The van der Waals surface area contributed by atoms with E-state index in [0.29, 0.717) is 6.54 Å². The predicted octanol–water partition coefficient (Wildman–Crippen LogP) is 0.476. The summed E-state index contributed by atoms with van der Waals surface area (Å²) in [7, 11) is 3.11. The first-order valence-electron chi connectivity index (χ1n) is 5.11. The molecule has 1 unspecified atom stereocenters. The van der Waals surface area contributed by atoms with Crippen LogP contribution in [0.25, 0.3) is 0 Å². The van der Waals surface area contributed by atoms with E-state index < -0.39 is 0 Å². The van der Waals surface area contributed by atoms with Crippen LogP contribution < -0.4 is 10.6 Å². The Hall–Kier alpha value is -0.810. The number of halogens is 1. The number of amides is 1. The average molecular weight is 253 g/mol.